The first kappa shape index (κ1) is 10.6. The number of fused-ring (bicyclic) bond motifs is 3. The van der Waals surface area contributed by atoms with E-state index in [1.807, 2.05) is 28.7 Å². The minimum atomic E-state index is -0.125. The molecule has 86 valence electrons. The molecule has 2 aliphatic rings. The minimum Gasteiger partial charge on any atom is -0.381 e. The molecule has 3 nitrogen and oxygen atoms in total. The molecule has 0 spiro atoms. The summed E-state index contributed by atoms with van der Waals surface area (Å²) in [4.78, 5) is 2.31. The van der Waals surface area contributed by atoms with Crippen molar-refractivity contribution < 1.29 is 4.39 Å². The van der Waals surface area contributed by atoms with Gasteiger partial charge in [-0.15, -0.1) is 0 Å². The van der Waals surface area contributed by atoms with Gasteiger partial charge in [-0.2, -0.15) is 0 Å². The van der Waals surface area contributed by atoms with E-state index in [1.54, 1.807) is 6.07 Å². The number of nitrogens with zero attached hydrogens (tertiary/aromatic N) is 1. The second kappa shape index (κ2) is 4.03. The fourth-order valence-electron chi connectivity index (χ4n) is 2.40. The lowest BCUT2D eigenvalue weighted by Gasteiger charge is -2.42. The Hall–Kier alpha value is -0.560. The van der Waals surface area contributed by atoms with Gasteiger partial charge < -0.3 is 15.5 Å². The van der Waals surface area contributed by atoms with Crippen molar-refractivity contribution in [1.29, 1.82) is 0 Å². The Kier molecular flexibility index (Phi) is 2.67. The van der Waals surface area contributed by atoms with Gasteiger partial charge in [0.15, 0.2) is 0 Å². The smallest absolute Gasteiger partial charge is 0.138 e. The third-order valence-electron chi connectivity index (χ3n) is 3.23. The SMILES string of the molecule is Fc1cc2c(cc1I)NCC1CNCCN21. The molecule has 0 radical (unpaired) electrons. The van der Waals surface area contributed by atoms with Crippen LogP contribution >= 0.6 is 22.6 Å². The third-order valence-corrected chi connectivity index (χ3v) is 4.05. The molecule has 5 heteroatoms. The van der Waals surface area contributed by atoms with Crippen LogP contribution in [-0.4, -0.2) is 32.2 Å². The number of benzene rings is 1. The van der Waals surface area contributed by atoms with E-state index in [4.69, 9.17) is 0 Å². The summed E-state index contributed by atoms with van der Waals surface area (Å²) < 4.78 is 14.3. The monoisotopic (exact) mass is 333 g/mol. The number of hydrogen-bond acceptors (Lipinski definition) is 3. The van der Waals surface area contributed by atoms with E-state index < -0.39 is 0 Å². The molecule has 0 aromatic heterocycles. The largest absolute Gasteiger partial charge is 0.381 e. The van der Waals surface area contributed by atoms with Crippen LogP contribution in [0.3, 0.4) is 0 Å². The third kappa shape index (κ3) is 1.66. The van der Waals surface area contributed by atoms with Crippen molar-refractivity contribution in [3.05, 3.63) is 21.5 Å². The number of piperazine rings is 1. The summed E-state index contributed by atoms with van der Waals surface area (Å²) in [7, 11) is 0. The van der Waals surface area contributed by atoms with Crippen molar-refractivity contribution in [3.63, 3.8) is 0 Å². The normalized spacial score (nSPS) is 23.4. The Morgan fingerprint density at radius 2 is 2.25 bits per heavy atom. The summed E-state index contributed by atoms with van der Waals surface area (Å²) in [5.74, 6) is -0.125. The highest BCUT2D eigenvalue weighted by Gasteiger charge is 2.28. The molecule has 1 fully saturated rings. The van der Waals surface area contributed by atoms with Gasteiger partial charge in [-0.1, -0.05) is 0 Å². The molecule has 2 heterocycles. The van der Waals surface area contributed by atoms with Crippen molar-refractivity contribution in [2.45, 2.75) is 6.04 Å². The zero-order valence-electron chi connectivity index (χ0n) is 8.76. The number of hydrogen-bond donors (Lipinski definition) is 2. The fraction of sp³-hybridized carbons (Fsp3) is 0.455. The van der Waals surface area contributed by atoms with Crippen LogP contribution in [0.1, 0.15) is 0 Å². The molecular weight excluding hydrogens is 320 g/mol. The molecule has 1 atom stereocenters. The number of rotatable bonds is 0. The molecular formula is C11H13FIN3. The maximum Gasteiger partial charge on any atom is 0.138 e. The van der Waals surface area contributed by atoms with Crippen molar-refractivity contribution in [2.24, 2.45) is 0 Å². The zero-order chi connectivity index (χ0) is 11.1. The second-order valence-electron chi connectivity index (χ2n) is 4.22. The highest BCUT2D eigenvalue weighted by molar-refractivity contribution is 14.1. The lowest BCUT2D eigenvalue weighted by atomic mass is 10.1. The van der Waals surface area contributed by atoms with Gasteiger partial charge in [-0.05, 0) is 28.7 Å². The van der Waals surface area contributed by atoms with E-state index in [1.165, 1.54) is 0 Å². The Morgan fingerprint density at radius 3 is 3.12 bits per heavy atom. The number of halogens is 2. The summed E-state index contributed by atoms with van der Waals surface area (Å²) in [6, 6.07) is 3.99. The molecule has 2 N–H and O–H groups in total. The van der Waals surface area contributed by atoms with E-state index in [0.29, 0.717) is 9.61 Å². The van der Waals surface area contributed by atoms with Gasteiger partial charge in [0.1, 0.15) is 5.82 Å². The fourth-order valence-corrected chi connectivity index (χ4v) is 2.87. The predicted molar refractivity (Wildman–Crippen MR) is 71.6 cm³/mol. The van der Waals surface area contributed by atoms with Crippen LogP contribution in [0.2, 0.25) is 0 Å². The summed E-state index contributed by atoms with van der Waals surface area (Å²) in [6.45, 7) is 3.84. The first-order chi connectivity index (χ1) is 7.75. The second-order valence-corrected chi connectivity index (χ2v) is 5.38. The van der Waals surface area contributed by atoms with Crippen LogP contribution in [0.15, 0.2) is 12.1 Å². The Labute approximate surface area is 108 Å². The van der Waals surface area contributed by atoms with Gasteiger partial charge in [0, 0.05) is 32.2 Å². The Balaban J connectivity index is 2.04. The minimum absolute atomic E-state index is 0.125. The van der Waals surface area contributed by atoms with Crippen molar-refractivity contribution in [1.82, 2.24) is 5.32 Å². The topological polar surface area (TPSA) is 27.3 Å². The molecule has 3 rings (SSSR count). The Morgan fingerprint density at radius 1 is 1.38 bits per heavy atom. The first-order valence-electron chi connectivity index (χ1n) is 5.46. The van der Waals surface area contributed by atoms with E-state index >= 15 is 0 Å². The van der Waals surface area contributed by atoms with Crippen LogP contribution < -0.4 is 15.5 Å². The van der Waals surface area contributed by atoms with Crippen LogP contribution in [0.5, 0.6) is 0 Å². The van der Waals surface area contributed by atoms with Crippen LogP contribution in [0, 0.1) is 9.39 Å². The van der Waals surface area contributed by atoms with Crippen molar-refractivity contribution in [3.8, 4) is 0 Å². The maximum absolute atomic E-state index is 13.6. The highest BCUT2D eigenvalue weighted by atomic mass is 127. The maximum atomic E-state index is 13.6. The summed E-state index contributed by atoms with van der Waals surface area (Å²) in [5, 5.41) is 6.74. The van der Waals surface area contributed by atoms with Crippen molar-refractivity contribution >= 4 is 34.0 Å². The van der Waals surface area contributed by atoms with Gasteiger partial charge in [-0.3, -0.25) is 0 Å². The number of anilines is 2. The molecule has 1 unspecified atom stereocenters. The van der Waals surface area contributed by atoms with Gasteiger partial charge in [-0.25, -0.2) is 4.39 Å². The quantitative estimate of drug-likeness (QED) is 0.707. The molecule has 0 saturated carbocycles. The average Bonchev–Trinajstić information content (AvgIpc) is 2.31. The molecule has 1 aromatic carbocycles. The molecule has 16 heavy (non-hydrogen) atoms. The Bertz CT molecular complexity index is 424. The molecule has 0 aliphatic carbocycles. The lowest BCUT2D eigenvalue weighted by molar-refractivity contribution is 0.480. The highest BCUT2D eigenvalue weighted by Crippen LogP contribution is 2.34. The van der Waals surface area contributed by atoms with E-state index in [2.05, 4.69) is 15.5 Å². The summed E-state index contributed by atoms with van der Waals surface area (Å²) in [5.41, 5.74) is 2.07. The van der Waals surface area contributed by atoms with Gasteiger partial charge in [0.05, 0.1) is 21.0 Å². The van der Waals surface area contributed by atoms with E-state index in [0.717, 1.165) is 37.6 Å². The summed E-state index contributed by atoms with van der Waals surface area (Å²) in [6.07, 6.45) is 0. The van der Waals surface area contributed by atoms with Gasteiger partial charge in [0.25, 0.3) is 0 Å². The van der Waals surface area contributed by atoms with Gasteiger partial charge in [0.2, 0.25) is 0 Å². The van der Waals surface area contributed by atoms with E-state index in [9.17, 15) is 4.39 Å². The van der Waals surface area contributed by atoms with E-state index in [-0.39, 0.29) is 5.82 Å². The first-order valence-corrected chi connectivity index (χ1v) is 6.54. The molecule has 1 aromatic rings. The average molecular weight is 333 g/mol. The van der Waals surface area contributed by atoms with Crippen LogP contribution in [0.25, 0.3) is 0 Å². The van der Waals surface area contributed by atoms with Crippen LogP contribution in [-0.2, 0) is 0 Å². The molecule has 1 saturated heterocycles. The summed E-state index contributed by atoms with van der Waals surface area (Å²) >= 11 is 2.03. The number of nitrogens with one attached hydrogen (secondary N) is 2. The van der Waals surface area contributed by atoms with Crippen LogP contribution in [0.4, 0.5) is 15.8 Å². The molecule has 2 aliphatic heterocycles. The molecule has 0 bridgehead atoms. The van der Waals surface area contributed by atoms with Crippen molar-refractivity contribution in [2.75, 3.05) is 36.4 Å². The lowest BCUT2D eigenvalue weighted by Crippen LogP contribution is -2.56. The predicted octanol–water partition coefficient (Wildman–Crippen LogP) is 1.63. The molecule has 0 amide bonds. The zero-order valence-corrected chi connectivity index (χ0v) is 10.9. The standard InChI is InChI=1S/C11H13FIN3/c12-8-3-11-10(4-9(8)13)15-6-7-5-14-1-2-16(7)11/h3-4,7,14-15H,1-2,5-6H2. The van der Waals surface area contributed by atoms with Gasteiger partial charge >= 0.3 is 0 Å².